The molecule has 3 fully saturated rings. The van der Waals surface area contributed by atoms with Gasteiger partial charge in [0.1, 0.15) is 0 Å². The molecule has 6 heteroatoms. The van der Waals surface area contributed by atoms with Gasteiger partial charge in [-0.25, -0.2) is 0 Å². The Labute approximate surface area is 218 Å². The van der Waals surface area contributed by atoms with Crippen molar-refractivity contribution < 1.29 is 9.59 Å². The molecule has 37 heavy (non-hydrogen) atoms. The molecule has 0 saturated carbocycles. The number of amides is 2. The number of aryl methyl sites for hydroxylation is 1. The van der Waals surface area contributed by atoms with E-state index in [0.717, 1.165) is 44.0 Å². The summed E-state index contributed by atoms with van der Waals surface area (Å²) < 4.78 is 0. The number of benzene rings is 2. The molecule has 6 nitrogen and oxygen atoms in total. The van der Waals surface area contributed by atoms with Crippen LogP contribution in [0.3, 0.4) is 0 Å². The Morgan fingerprint density at radius 1 is 1.00 bits per heavy atom. The number of carbonyl (C=O) groups is 2. The van der Waals surface area contributed by atoms with E-state index in [1.165, 1.54) is 35.2 Å². The van der Waals surface area contributed by atoms with Gasteiger partial charge in [0.2, 0.25) is 11.8 Å². The van der Waals surface area contributed by atoms with Gasteiger partial charge >= 0.3 is 0 Å². The van der Waals surface area contributed by atoms with Crippen molar-refractivity contribution in [2.45, 2.75) is 45.1 Å². The first-order valence-electron chi connectivity index (χ1n) is 13.4. The number of pyridine rings is 1. The number of aromatic nitrogens is 1. The summed E-state index contributed by atoms with van der Waals surface area (Å²) in [7, 11) is 0. The minimum Gasteiger partial charge on any atom is -0.371 e. The number of likely N-dealkylation sites (tertiary alicyclic amines) is 1. The highest BCUT2D eigenvalue weighted by Gasteiger charge is 2.44. The summed E-state index contributed by atoms with van der Waals surface area (Å²) in [5, 5.41) is 2.46. The third kappa shape index (κ3) is 5.03. The van der Waals surface area contributed by atoms with Gasteiger partial charge in [0.05, 0.1) is 11.6 Å². The first kappa shape index (κ1) is 23.9. The minimum absolute atomic E-state index is 0.164. The van der Waals surface area contributed by atoms with E-state index in [9.17, 15) is 9.59 Å². The summed E-state index contributed by atoms with van der Waals surface area (Å²) in [6.07, 6.45) is 5.47. The van der Waals surface area contributed by atoms with Crippen LogP contribution in [0.15, 0.2) is 66.9 Å². The fourth-order valence-electron chi connectivity index (χ4n) is 6.25. The van der Waals surface area contributed by atoms with Crippen molar-refractivity contribution in [1.29, 1.82) is 0 Å². The molecule has 1 N–H and O–H groups in total. The average molecular weight is 495 g/mol. The Hall–Kier alpha value is -3.51. The second kappa shape index (κ2) is 9.75. The smallest absolute Gasteiger partial charge is 0.234 e. The molecule has 3 aromatic rings. The molecule has 1 aromatic heterocycles. The monoisotopic (exact) mass is 494 g/mol. The molecular formula is C31H34N4O2. The topological polar surface area (TPSA) is 65.5 Å². The summed E-state index contributed by atoms with van der Waals surface area (Å²) in [6, 6.07) is 21.2. The van der Waals surface area contributed by atoms with E-state index in [2.05, 4.69) is 82.7 Å². The maximum atomic E-state index is 12.2. The van der Waals surface area contributed by atoms with Crippen LogP contribution in [0.25, 0.3) is 11.3 Å². The standard InChI is InChI=1S/C31H34N4O2/c1-22-3-2-4-25(17-22)28-11-5-23(18-32-28)19-34-20-31(21-34)13-15-35(16-14-31)26-8-6-24(7-9-26)27-10-12-29(36)33-30(27)37/h2-9,11,17-18,27H,10,12-16,19-21H2,1H3,(H,33,36,37). The van der Waals surface area contributed by atoms with Crippen LogP contribution in [0.4, 0.5) is 5.69 Å². The summed E-state index contributed by atoms with van der Waals surface area (Å²) in [5.74, 6) is -0.551. The lowest BCUT2D eigenvalue weighted by atomic mass is 9.72. The van der Waals surface area contributed by atoms with Gasteiger partial charge in [-0.2, -0.15) is 0 Å². The second-order valence-electron chi connectivity index (χ2n) is 11.1. The third-order valence-corrected chi connectivity index (χ3v) is 8.39. The molecule has 3 aliphatic rings. The highest BCUT2D eigenvalue weighted by molar-refractivity contribution is 6.00. The summed E-state index contributed by atoms with van der Waals surface area (Å²) in [6.45, 7) is 7.54. The minimum atomic E-state index is -0.216. The Morgan fingerprint density at radius 3 is 2.46 bits per heavy atom. The number of nitrogens with zero attached hydrogens (tertiary/aromatic N) is 3. The summed E-state index contributed by atoms with van der Waals surface area (Å²) in [4.78, 5) is 33.4. The predicted octanol–water partition coefficient (Wildman–Crippen LogP) is 4.68. The Balaban J connectivity index is 0.992. The van der Waals surface area contributed by atoms with Crippen LogP contribution in [0, 0.1) is 12.3 Å². The van der Waals surface area contributed by atoms with Crippen LogP contribution >= 0.6 is 0 Å². The molecule has 1 atom stereocenters. The molecule has 4 heterocycles. The normalized spacial score (nSPS) is 21.5. The van der Waals surface area contributed by atoms with Crippen molar-refractivity contribution in [3.05, 3.63) is 83.6 Å². The average Bonchev–Trinajstić information content (AvgIpc) is 2.89. The lowest BCUT2D eigenvalue weighted by Crippen LogP contribution is -2.59. The van der Waals surface area contributed by atoms with Gasteiger partial charge in [-0.15, -0.1) is 0 Å². The van der Waals surface area contributed by atoms with E-state index < -0.39 is 0 Å². The lowest BCUT2D eigenvalue weighted by molar-refractivity contribution is -0.134. The zero-order chi connectivity index (χ0) is 25.4. The highest BCUT2D eigenvalue weighted by atomic mass is 16.2. The van der Waals surface area contributed by atoms with Crippen molar-refractivity contribution in [2.75, 3.05) is 31.1 Å². The fourth-order valence-corrected chi connectivity index (χ4v) is 6.25. The first-order valence-corrected chi connectivity index (χ1v) is 13.4. The lowest BCUT2D eigenvalue weighted by Gasteiger charge is -2.54. The van der Waals surface area contributed by atoms with E-state index in [-0.39, 0.29) is 17.7 Å². The van der Waals surface area contributed by atoms with E-state index in [1.54, 1.807) is 0 Å². The van der Waals surface area contributed by atoms with Crippen molar-refractivity contribution in [1.82, 2.24) is 15.2 Å². The van der Waals surface area contributed by atoms with E-state index in [1.807, 2.05) is 6.20 Å². The molecule has 6 rings (SSSR count). The van der Waals surface area contributed by atoms with Crippen LogP contribution in [-0.4, -0.2) is 47.9 Å². The molecule has 0 radical (unpaired) electrons. The number of hydrogen-bond acceptors (Lipinski definition) is 5. The molecular weight excluding hydrogens is 460 g/mol. The highest BCUT2D eigenvalue weighted by Crippen LogP contribution is 2.42. The number of nitrogens with one attached hydrogen (secondary N) is 1. The Bertz CT molecular complexity index is 1290. The van der Waals surface area contributed by atoms with Crippen LogP contribution in [0.5, 0.6) is 0 Å². The van der Waals surface area contributed by atoms with Crippen molar-refractivity contribution in [3.63, 3.8) is 0 Å². The maximum absolute atomic E-state index is 12.2. The molecule has 2 aromatic carbocycles. The number of anilines is 1. The van der Waals surface area contributed by atoms with Crippen LogP contribution in [-0.2, 0) is 16.1 Å². The van der Waals surface area contributed by atoms with E-state index >= 15 is 0 Å². The Morgan fingerprint density at radius 2 is 1.78 bits per heavy atom. The largest absolute Gasteiger partial charge is 0.371 e. The predicted molar refractivity (Wildman–Crippen MR) is 145 cm³/mol. The van der Waals surface area contributed by atoms with E-state index in [4.69, 9.17) is 4.98 Å². The van der Waals surface area contributed by atoms with Crippen LogP contribution < -0.4 is 10.2 Å². The van der Waals surface area contributed by atoms with Crippen LogP contribution in [0.1, 0.15) is 48.3 Å². The molecule has 190 valence electrons. The molecule has 0 bridgehead atoms. The third-order valence-electron chi connectivity index (χ3n) is 8.39. The molecule has 2 amide bonds. The van der Waals surface area contributed by atoms with Gasteiger partial charge in [0.15, 0.2) is 0 Å². The second-order valence-corrected chi connectivity index (χ2v) is 11.1. The summed E-state index contributed by atoms with van der Waals surface area (Å²) >= 11 is 0. The number of carbonyl (C=O) groups excluding carboxylic acids is 2. The van der Waals surface area contributed by atoms with Crippen molar-refractivity contribution in [3.8, 4) is 11.3 Å². The van der Waals surface area contributed by atoms with Gasteiger partial charge in [0, 0.05) is 56.6 Å². The maximum Gasteiger partial charge on any atom is 0.234 e. The van der Waals surface area contributed by atoms with Gasteiger partial charge in [-0.3, -0.25) is 24.8 Å². The molecule has 3 saturated heterocycles. The van der Waals surface area contributed by atoms with E-state index in [0.29, 0.717) is 18.3 Å². The molecule has 1 spiro atoms. The number of imide groups is 1. The van der Waals surface area contributed by atoms with Crippen molar-refractivity contribution in [2.24, 2.45) is 5.41 Å². The fraction of sp³-hybridized carbons (Fsp3) is 0.387. The van der Waals surface area contributed by atoms with Gasteiger partial charge in [-0.1, -0.05) is 42.0 Å². The SMILES string of the molecule is Cc1cccc(-c2ccc(CN3CC4(CCN(c5ccc(C6CCC(=O)NC6=O)cc5)CC4)C3)cn2)c1. The number of hydrogen-bond donors (Lipinski definition) is 1. The summed E-state index contributed by atoms with van der Waals surface area (Å²) in [5.41, 5.74) is 7.40. The number of rotatable bonds is 5. The van der Waals surface area contributed by atoms with Crippen LogP contribution in [0.2, 0.25) is 0 Å². The van der Waals surface area contributed by atoms with Gasteiger partial charge in [-0.05, 0) is 67.0 Å². The molecule has 3 aliphatic heterocycles. The zero-order valence-electron chi connectivity index (χ0n) is 21.5. The molecule has 1 unspecified atom stereocenters. The molecule has 0 aliphatic carbocycles. The number of piperidine rings is 2. The van der Waals surface area contributed by atoms with Gasteiger partial charge in [0.25, 0.3) is 0 Å². The quantitative estimate of drug-likeness (QED) is 0.522. The first-order chi connectivity index (χ1) is 18.0. The zero-order valence-corrected chi connectivity index (χ0v) is 21.5. The Kier molecular flexibility index (Phi) is 6.29. The van der Waals surface area contributed by atoms with Gasteiger partial charge < -0.3 is 4.90 Å². The van der Waals surface area contributed by atoms with Crippen molar-refractivity contribution >= 4 is 17.5 Å².